The molecule has 0 spiro atoms. The molecule has 0 saturated heterocycles. The van der Waals surface area contributed by atoms with Gasteiger partial charge in [0.2, 0.25) is 0 Å². The number of nitrogens with one attached hydrogen (secondary N) is 1. The van der Waals surface area contributed by atoms with Crippen LogP contribution in [-0.2, 0) is 11.2 Å². The van der Waals surface area contributed by atoms with Crippen molar-refractivity contribution in [2.45, 2.75) is 25.3 Å². The van der Waals surface area contributed by atoms with Crippen LogP contribution >= 0.6 is 0 Å². The van der Waals surface area contributed by atoms with Crippen molar-refractivity contribution in [1.82, 2.24) is 5.32 Å². The summed E-state index contributed by atoms with van der Waals surface area (Å²) in [4.78, 5) is 0. The van der Waals surface area contributed by atoms with Crippen LogP contribution in [0.3, 0.4) is 0 Å². The largest absolute Gasteiger partial charge is 0.383 e. The van der Waals surface area contributed by atoms with Gasteiger partial charge in [-0.05, 0) is 49.4 Å². The van der Waals surface area contributed by atoms with Crippen molar-refractivity contribution in [2.75, 3.05) is 20.3 Å². The van der Waals surface area contributed by atoms with Gasteiger partial charge < -0.3 is 10.1 Å². The average molecular weight is 237 g/mol. The summed E-state index contributed by atoms with van der Waals surface area (Å²) in [6.07, 6.45) is 3.48. The molecular formula is C14H20FNO. The normalized spacial score (nSPS) is 17.1. The molecule has 1 saturated carbocycles. The highest BCUT2D eigenvalue weighted by molar-refractivity contribution is 5.16. The fraction of sp³-hybridized carbons (Fsp3) is 0.571. The molecule has 2 rings (SSSR count). The number of hydrogen-bond donors (Lipinski definition) is 1. The molecule has 94 valence electrons. The maximum Gasteiger partial charge on any atom is 0.123 e. The van der Waals surface area contributed by atoms with Gasteiger partial charge in [0.15, 0.2) is 0 Å². The third kappa shape index (κ3) is 4.10. The van der Waals surface area contributed by atoms with Gasteiger partial charge >= 0.3 is 0 Å². The molecule has 0 heterocycles. The number of ether oxygens (including phenoxy) is 1. The molecule has 17 heavy (non-hydrogen) atoms. The lowest BCUT2D eigenvalue weighted by molar-refractivity contribution is 0.158. The van der Waals surface area contributed by atoms with Crippen LogP contribution in [0.25, 0.3) is 0 Å². The maximum absolute atomic E-state index is 13.0. The third-order valence-electron chi connectivity index (χ3n) is 3.25. The lowest BCUT2D eigenvalue weighted by Crippen LogP contribution is -2.36. The van der Waals surface area contributed by atoms with E-state index in [1.807, 2.05) is 6.07 Å². The van der Waals surface area contributed by atoms with Gasteiger partial charge in [-0.15, -0.1) is 0 Å². The van der Waals surface area contributed by atoms with Crippen LogP contribution in [0.2, 0.25) is 0 Å². The van der Waals surface area contributed by atoms with Gasteiger partial charge in [-0.1, -0.05) is 12.1 Å². The highest BCUT2D eigenvalue weighted by Gasteiger charge is 2.30. The van der Waals surface area contributed by atoms with E-state index in [9.17, 15) is 4.39 Å². The Morgan fingerprint density at radius 1 is 1.47 bits per heavy atom. The van der Waals surface area contributed by atoms with E-state index in [2.05, 4.69) is 5.32 Å². The first-order valence-corrected chi connectivity index (χ1v) is 6.26. The summed E-state index contributed by atoms with van der Waals surface area (Å²) >= 11 is 0. The Labute approximate surface area is 102 Å². The highest BCUT2D eigenvalue weighted by Crippen LogP contribution is 2.32. The Bertz CT molecular complexity index is 352. The Morgan fingerprint density at radius 3 is 2.94 bits per heavy atom. The zero-order chi connectivity index (χ0) is 12.1. The molecule has 1 aromatic carbocycles. The minimum atomic E-state index is -0.155. The average Bonchev–Trinajstić information content (AvgIpc) is 3.12. The number of methoxy groups -OCH3 is 1. The monoisotopic (exact) mass is 237 g/mol. The van der Waals surface area contributed by atoms with Crippen molar-refractivity contribution in [1.29, 1.82) is 0 Å². The molecule has 0 aromatic heterocycles. The first-order chi connectivity index (χ1) is 8.29. The molecule has 1 aliphatic rings. The number of halogens is 1. The zero-order valence-corrected chi connectivity index (χ0v) is 10.3. The molecular weight excluding hydrogens is 217 g/mol. The van der Waals surface area contributed by atoms with Crippen LogP contribution in [0.5, 0.6) is 0 Å². The quantitative estimate of drug-likeness (QED) is 0.786. The molecule has 2 nitrogen and oxygen atoms in total. The molecule has 0 radical (unpaired) electrons. The van der Waals surface area contributed by atoms with E-state index < -0.39 is 0 Å². The first-order valence-electron chi connectivity index (χ1n) is 6.26. The molecule has 1 fully saturated rings. The van der Waals surface area contributed by atoms with Crippen molar-refractivity contribution >= 4 is 0 Å². The molecule has 0 aliphatic heterocycles. The minimum Gasteiger partial charge on any atom is -0.383 e. The molecule has 1 unspecified atom stereocenters. The fourth-order valence-corrected chi connectivity index (χ4v) is 2.13. The molecule has 0 amide bonds. The van der Waals surface area contributed by atoms with Crippen LogP contribution in [0.1, 0.15) is 18.4 Å². The van der Waals surface area contributed by atoms with Crippen LogP contribution in [-0.4, -0.2) is 26.3 Å². The fourth-order valence-electron chi connectivity index (χ4n) is 2.13. The minimum absolute atomic E-state index is 0.155. The zero-order valence-electron chi connectivity index (χ0n) is 10.3. The van der Waals surface area contributed by atoms with Crippen LogP contribution in [0.4, 0.5) is 4.39 Å². The molecule has 1 N–H and O–H groups in total. The summed E-state index contributed by atoms with van der Waals surface area (Å²) in [5.41, 5.74) is 1.05. The van der Waals surface area contributed by atoms with E-state index in [1.54, 1.807) is 19.2 Å². The van der Waals surface area contributed by atoms with E-state index in [4.69, 9.17) is 4.74 Å². The van der Waals surface area contributed by atoms with Gasteiger partial charge in [-0.2, -0.15) is 0 Å². The summed E-state index contributed by atoms with van der Waals surface area (Å²) in [6.45, 7) is 1.65. The predicted octanol–water partition coefficient (Wildman–Crippen LogP) is 2.38. The van der Waals surface area contributed by atoms with Crippen molar-refractivity contribution in [3.63, 3.8) is 0 Å². The van der Waals surface area contributed by atoms with Crippen LogP contribution < -0.4 is 5.32 Å². The summed E-state index contributed by atoms with van der Waals surface area (Å²) < 4.78 is 18.2. The number of rotatable bonds is 7. The Kier molecular flexibility index (Phi) is 4.51. The maximum atomic E-state index is 13.0. The van der Waals surface area contributed by atoms with Gasteiger partial charge in [-0.3, -0.25) is 0 Å². The Morgan fingerprint density at radius 2 is 2.29 bits per heavy atom. The van der Waals surface area contributed by atoms with Crippen LogP contribution in [0, 0.1) is 11.7 Å². The second-order valence-corrected chi connectivity index (χ2v) is 4.73. The van der Waals surface area contributed by atoms with E-state index in [0.717, 1.165) is 31.1 Å². The second-order valence-electron chi connectivity index (χ2n) is 4.73. The SMILES string of the molecule is COCC(NCCc1cccc(F)c1)C1CC1. The molecule has 0 bridgehead atoms. The van der Waals surface area contributed by atoms with Crippen molar-refractivity contribution in [3.05, 3.63) is 35.6 Å². The van der Waals surface area contributed by atoms with Crippen molar-refractivity contribution < 1.29 is 9.13 Å². The van der Waals surface area contributed by atoms with Gasteiger partial charge in [0.05, 0.1) is 6.61 Å². The molecule has 1 aromatic rings. The van der Waals surface area contributed by atoms with E-state index in [1.165, 1.54) is 18.9 Å². The standard InChI is InChI=1S/C14H20FNO/c1-17-10-14(12-5-6-12)16-8-7-11-3-2-4-13(15)9-11/h2-4,9,12,14,16H,5-8,10H2,1H3. The first kappa shape index (κ1) is 12.5. The number of hydrogen-bond acceptors (Lipinski definition) is 2. The summed E-state index contributed by atoms with van der Waals surface area (Å²) in [6, 6.07) is 7.28. The van der Waals surface area contributed by atoms with E-state index in [-0.39, 0.29) is 5.82 Å². The van der Waals surface area contributed by atoms with Gasteiger partial charge in [0.1, 0.15) is 5.82 Å². The third-order valence-corrected chi connectivity index (χ3v) is 3.25. The summed E-state index contributed by atoms with van der Waals surface area (Å²) in [5, 5.41) is 3.50. The lowest BCUT2D eigenvalue weighted by atomic mass is 10.1. The smallest absolute Gasteiger partial charge is 0.123 e. The van der Waals surface area contributed by atoms with Crippen molar-refractivity contribution in [3.8, 4) is 0 Å². The Hall–Kier alpha value is -0.930. The van der Waals surface area contributed by atoms with E-state index >= 15 is 0 Å². The summed E-state index contributed by atoms with van der Waals surface area (Å²) in [7, 11) is 1.74. The van der Waals surface area contributed by atoms with Crippen LogP contribution in [0.15, 0.2) is 24.3 Å². The highest BCUT2D eigenvalue weighted by atomic mass is 19.1. The summed E-state index contributed by atoms with van der Waals surface area (Å²) in [5.74, 6) is 0.626. The molecule has 1 aliphatic carbocycles. The molecule has 3 heteroatoms. The van der Waals surface area contributed by atoms with Gasteiger partial charge in [0.25, 0.3) is 0 Å². The van der Waals surface area contributed by atoms with E-state index in [0.29, 0.717) is 6.04 Å². The van der Waals surface area contributed by atoms with Gasteiger partial charge in [0, 0.05) is 13.2 Å². The topological polar surface area (TPSA) is 21.3 Å². The molecule has 1 atom stereocenters. The number of benzene rings is 1. The second kappa shape index (κ2) is 6.12. The van der Waals surface area contributed by atoms with Gasteiger partial charge in [-0.25, -0.2) is 4.39 Å². The lowest BCUT2D eigenvalue weighted by Gasteiger charge is -2.17. The Balaban J connectivity index is 1.74. The van der Waals surface area contributed by atoms with Crippen molar-refractivity contribution in [2.24, 2.45) is 5.92 Å². The predicted molar refractivity (Wildman–Crippen MR) is 66.5 cm³/mol.